The molecule has 0 aliphatic heterocycles. The highest BCUT2D eigenvalue weighted by Gasteiger charge is 2.11. The van der Waals surface area contributed by atoms with Crippen LogP contribution in [0.2, 0.25) is 5.02 Å². The highest BCUT2D eigenvalue weighted by molar-refractivity contribution is 7.15. The lowest BCUT2D eigenvalue weighted by Gasteiger charge is -2.03. The number of anilines is 1. The van der Waals surface area contributed by atoms with Crippen LogP contribution >= 0.6 is 22.9 Å². The fourth-order valence-corrected chi connectivity index (χ4v) is 2.81. The lowest BCUT2D eigenvalue weighted by molar-refractivity contribution is 0.102. The molecule has 2 aromatic heterocycles. The maximum absolute atomic E-state index is 12.1. The summed E-state index contributed by atoms with van der Waals surface area (Å²) in [6.45, 7) is 2.46. The van der Waals surface area contributed by atoms with E-state index in [2.05, 4.69) is 15.4 Å². The zero-order valence-electron chi connectivity index (χ0n) is 11.8. The van der Waals surface area contributed by atoms with Crippen molar-refractivity contribution in [3.8, 4) is 0 Å². The van der Waals surface area contributed by atoms with E-state index in [1.807, 2.05) is 31.2 Å². The van der Waals surface area contributed by atoms with Gasteiger partial charge in [0, 0.05) is 22.3 Å². The second kappa shape index (κ2) is 6.29. The van der Waals surface area contributed by atoms with Crippen molar-refractivity contribution < 1.29 is 4.79 Å². The second-order valence-corrected chi connectivity index (χ2v) is 6.39. The molecule has 0 bridgehead atoms. The van der Waals surface area contributed by atoms with Crippen molar-refractivity contribution in [2.24, 2.45) is 0 Å². The first-order valence-corrected chi connectivity index (χ1v) is 7.81. The third-order valence-electron chi connectivity index (χ3n) is 3.03. The van der Waals surface area contributed by atoms with Gasteiger partial charge in [0.15, 0.2) is 5.13 Å². The molecule has 22 heavy (non-hydrogen) atoms. The topological polar surface area (TPSA) is 59.8 Å². The van der Waals surface area contributed by atoms with Gasteiger partial charge in [0.2, 0.25) is 0 Å². The number of amides is 1. The van der Waals surface area contributed by atoms with Crippen LogP contribution in [0.1, 0.15) is 20.8 Å². The van der Waals surface area contributed by atoms with Crippen molar-refractivity contribution in [1.29, 1.82) is 0 Å². The number of benzene rings is 1. The molecular formula is C15H13ClN4OS. The van der Waals surface area contributed by atoms with E-state index in [4.69, 9.17) is 11.6 Å². The summed E-state index contributed by atoms with van der Waals surface area (Å²) in [6, 6.07) is 7.56. The Morgan fingerprint density at radius 2 is 2.18 bits per heavy atom. The zero-order valence-corrected chi connectivity index (χ0v) is 13.4. The Morgan fingerprint density at radius 1 is 1.36 bits per heavy atom. The molecule has 0 saturated heterocycles. The Hall–Kier alpha value is -2.18. The van der Waals surface area contributed by atoms with E-state index in [9.17, 15) is 4.79 Å². The van der Waals surface area contributed by atoms with Crippen LogP contribution < -0.4 is 5.32 Å². The number of nitrogens with zero attached hydrogens (tertiary/aromatic N) is 3. The van der Waals surface area contributed by atoms with Gasteiger partial charge >= 0.3 is 0 Å². The van der Waals surface area contributed by atoms with Gasteiger partial charge in [-0.15, -0.1) is 11.3 Å². The highest BCUT2D eigenvalue weighted by Crippen LogP contribution is 2.18. The number of thiazole rings is 1. The van der Waals surface area contributed by atoms with Crippen molar-refractivity contribution in [3.05, 3.63) is 63.9 Å². The third-order valence-corrected chi connectivity index (χ3v) is 4.22. The molecular weight excluding hydrogens is 320 g/mol. The number of carbonyl (C=O) groups is 1. The van der Waals surface area contributed by atoms with Crippen molar-refractivity contribution in [2.75, 3.05) is 5.32 Å². The minimum absolute atomic E-state index is 0.222. The normalized spacial score (nSPS) is 10.6. The van der Waals surface area contributed by atoms with Crippen LogP contribution in [0.3, 0.4) is 0 Å². The van der Waals surface area contributed by atoms with Crippen LogP contribution in [0.4, 0.5) is 5.13 Å². The van der Waals surface area contributed by atoms with Crippen LogP contribution in [-0.2, 0) is 6.54 Å². The van der Waals surface area contributed by atoms with E-state index in [0.717, 1.165) is 10.4 Å². The third kappa shape index (κ3) is 3.35. The summed E-state index contributed by atoms with van der Waals surface area (Å²) >= 11 is 7.56. The molecule has 1 aromatic carbocycles. The smallest absolute Gasteiger partial charge is 0.260 e. The molecule has 0 aliphatic rings. The molecule has 112 valence electrons. The quantitative estimate of drug-likeness (QED) is 0.794. The number of hydrogen-bond donors (Lipinski definition) is 1. The lowest BCUT2D eigenvalue weighted by Crippen LogP contribution is -2.10. The molecule has 3 aromatic rings. The number of aryl methyl sites for hydroxylation is 1. The van der Waals surface area contributed by atoms with Gasteiger partial charge in [-0.05, 0) is 18.6 Å². The molecule has 1 N–H and O–H groups in total. The Balaban J connectivity index is 1.70. The maximum atomic E-state index is 12.1. The zero-order chi connectivity index (χ0) is 15.5. The van der Waals surface area contributed by atoms with Crippen LogP contribution in [0.25, 0.3) is 0 Å². The largest absolute Gasteiger partial charge is 0.298 e. The minimum atomic E-state index is -0.222. The molecule has 2 heterocycles. The van der Waals surface area contributed by atoms with E-state index in [1.165, 1.54) is 17.5 Å². The van der Waals surface area contributed by atoms with E-state index in [0.29, 0.717) is 22.3 Å². The number of carbonyl (C=O) groups excluding carboxylic acids is 1. The summed E-state index contributed by atoms with van der Waals surface area (Å²) in [4.78, 5) is 17.3. The van der Waals surface area contributed by atoms with Crippen molar-refractivity contribution in [2.45, 2.75) is 13.5 Å². The van der Waals surface area contributed by atoms with Gasteiger partial charge < -0.3 is 0 Å². The van der Waals surface area contributed by atoms with Crippen LogP contribution in [0.15, 0.2) is 42.9 Å². The van der Waals surface area contributed by atoms with Gasteiger partial charge in [-0.2, -0.15) is 5.10 Å². The average molecular weight is 333 g/mol. The molecule has 0 aliphatic carbocycles. The predicted molar refractivity (Wildman–Crippen MR) is 87.6 cm³/mol. The SMILES string of the molecule is Cc1cnc(NC(=O)c2cnn(Cc3ccccc3Cl)c2)s1. The fourth-order valence-electron chi connectivity index (χ4n) is 1.95. The predicted octanol–water partition coefficient (Wildman–Crippen LogP) is 3.60. The first kappa shape index (κ1) is 14.7. The molecule has 5 nitrogen and oxygen atoms in total. The Morgan fingerprint density at radius 3 is 2.91 bits per heavy atom. The van der Waals surface area contributed by atoms with Gasteiger partial charge in [-0.25, -0.2) is 4.98 Å². The van der Waals surface area contributed by atoms with Crippen molar-refractivity contribution >= 4 is 34.0 Å². The van der Waals surface area contributed by atoms with Gasteiger partial charge in [0.25, 0.3) is 5.91 Å². The first-order valence-electron chi connectivity index (χ1n) is 6.61. The molecule has 7 heteroatoms. The Bertz CT molecular complexity index is 811. The van der Waals surface area contributed by atoms with E-state index in [1.54, 1.807) is 17.1 Å². The lowest BCUT2D eigenvalue weighted by atomic mass is 10.2. The highest BCUT2D eigenvalue weighted by atomic mass is 35.5. The molecule has 0 radical (unpaired) electrons. The van der Waals surface area contributed by atoms with Crippen LogP contribution in [-0.4, -0.2) is 20.7 Å². The Labute approximate surface area is 136 Å². The summed E-state index contributed by atoms with van der Waals surface area (Å²) in [7, 11) is 0. The van der Waals surface area contributed by atoms with Gasteiger partial charge in [0.1, 0.15) is 0 Å². The van der Waals surface area contributed by atoms with Crippen LogP contribution in [0, 0.1) is 6.92 Å². The molecule has 1 amide bonds. The van der Waals surface area contributed by atoms with Crippen molar-refractivity contribution in [3.63, 3.8) is 0 Å². The standard InChI is InChI=1S/C15H13ClN4OS/c1-10-6-17-15(22-10)19-14(21)12-7-18-20(9-12)8-11-4-2-3-5-13(11)16/h2-7,9H,8H2,1H3,(H,17,19,21). The molecule has 0 unspecified atom stereocenters. The molecule has 0 spiro atoms. The van der Waals surface area contributed by atoms with Gasteiger partial charge in [0.05, 0.1) is 18.3 Å². The van der Waals surface area contributed by atoms with Gasteiger partial charge in [-0.3, -0.25) is 14.8 Å². The Kier molecular flexibility index (Phi) is 4.22. The summed E-state index contributed by atoms with van der Waals surface area (Å²) < 4.78 is 1.68. The van der Waals surface area contributed by atoms with Crippen molar-refractivity contribution in [1.82, 2.24) is 14.8 Å². The molecule has 0 saturated carbocycles. The molecule has 0 fully saturated rings. The molecule has 0 atom stereocenters. The number of halogens is 1. The number of hydrogen-bond acceptors (Lipinski definition) is 4. The van der Waals surface area contributed by atoms with E-state index >= 15 is 0 Å². The monoisotopic (exact) mass is 332 g/mol. The minimum Gasteiger partial charge on any atom is -0.298 e. The fraction of sp³-hybridized carbons (Fsp3) is 0.133. The summed E-state index contributed by atoms with van der Waals surface area (Å²) in [6.07, 6.45) is 4.95. The average Bonchev–Trinajstić information content (AvgIpc) is 3.11. The van der Waals surface area contributed by atoms with Gasteiger partial charge in [-0.1, -0.05) is 29.8 Å². The summed E-state index contributed by atoms with van der Waals surface area (Å²) in [5.41, 5.74) is 1.44. The van der Waals surface area contributed by atoms with E-state index < -0.39 is 0 Å². The molecule has 3 rings (SSSR count). The first-order chi connectivity index (χ1) is 10.6. The number of aromatic nitrogens is 3. The maximum Gasteiger partial charge on any atom is 0.260 e. The number of nitrogens with one attached hydrogen (secondary N) is 1. The number of rotatable bonds is 4. The summed E-state index contributed by atoms with van der Waals surface area (Å²) in [5.74, 6) is -0.222. The summed E-state index contributed by atoms with van der Waals surface area (Å²) in [5, 5.41) is 8.22. The van der Waals surface area contributed by atoms with Crippen LogP contribution in [0.5, 0.6) is 0 Å². The van der Waals surface area contributed by atoms with E-state index in [-0.39, 0.29) is 5.91 Å². The second-order valence-electron chi connectivity index (χ2n) is 4.75.